The summed E-state index contributed by atoms with van der Waals surface area (Å²) in [7, 11) is 0. The van der Waals surface area contributed by atoms with E-state index in [2.05, 4.69) is 62.6 Å². The van der Waals surface area contributed by atoms with Crippen molar-refractivity contribution >= 4 is 5.82 Å². The fraction of sp³-hybridized carbons (Fsp3) is 0.625. The SMILES string of the molecule is CC(C)c1nc(-c2cncn2C(C)C)c(N)n1C(C)(C)C. The lowest BCUT2D eigenvalue weighted by Gasteiger charge is -2.26. The van der Waals surface area contributed by atoms with E-state index in [9.17, 15) is 0 Å². The van der Waals surface area contributed by atoms with Crippen LogP contribution < -0.4 is 5.73 Å². The van der Waals surface area contributed by atoms with E-state index >= 15 is 0 Å². The number of hydrogen-bond acceptors (Lipinski definition) is 3. The molecule has 0 saturated carbocycles. The van der Waals surface area contributed by atoms with Crippen LogP contribution >= 0.6 is 0 Å². The van der Waals surface area contributed by atoms with E-state index in [1.807, 2.05) is 12.5 Å². The second kappa shape index (κ2) is 5.20. The van der Waals surface area contributed by atoms with Crippen molar-refractivity contribution in [1.82, 2.24) is 19.1 Å². The first-order valence-electron chi connectivity index (χ1n) is 7.55. The molecule has 5 nitrogen and oxygen atoms in total. The predicted molar refractivity (Wildman–Crippen MR) is 87.3 cm³/mol. The summed E-state index contributed by atoms with van der Waals surface area (Å²) < 4.78 is 4.25. The zero-order chi connectivity index (χ0) is 15.9. The van der Waals surface area contributed by atoms with Crippen LogP contribution in [0.25, 0.3) is 11.4 Å². The fourth-order valence-electron chi connectivity index (χ4n) is 2.63. The van der Waals surface area contributed by atoms with Crippen LogP contribution in [0.2, 0.25) is 0 Å². The summed E-state index contributed by atoms with van der Waals surface area (Å²) in [6.07, 6.45) is 3.68. The van der Waals surface area contributed by atoms with Crippen LogP contribution in [-0.2, 0) is 5.54 Å². The normalized spacial score (nSPS) is 12.6. The van der Waals surface area contributed by atoms with E-state index in [-0.39, 0.29) is 5.54 Å². The van der Waals surface area contributed by atoms with Gasteiger partial charge in [0.25, 0.3) is 0 Å². The highest BCUT2D eigenvalue weighted by atomic mass is 15.2. The topological polar surface area (TPSA) is 61.7 Å². The molecule has 0 aliphatic carbocycles. The van der Waals surface area contributed by atoms with Gasteiger partial charge in [0.05, 0.1) is 18.2 Å². The Kier molecular flexibility index (Phi) is 3.87. The lowest BCUT2D eigenvalue weighted by Crippen LogP contribution is -2.26. The van der Waals surface area contributed by atoms with Gasteiger partial charge in [-0.25, -0.2) is 9.97 Å². The zero-order valence-electron chi connectivity index (χ0n) is 14.2. The molecule has 116 valence electrons. The molecule has 0 aliphatic heterocycles. The minimum absolute atomic E-state index is 0.0996. The van der Waals surface area contributed by atoms with Crippen LogP contribution in [0.15, 0.2) is 12.5 Å². The second-order valence-corrected chi connectivity index (χ2v) is 7.14. The van der Waals surface area contributed by atoms with Gasteiger partial charge in [-0.15, -0.1) is 0 Å². The van der Waals surface area contributed by atoms with Gasteiger partial charge in [0.1, 0.15) is 17.3 Å². The Morgan fingerprint density at radius 1 is 1.14 bits per heavy atom. The lowest BCUT2D eigenvalue weighted by atomic mass is 10.1. The molecular weight excluding hydrogens is 262 g/mol. The molecule has 2 heterocycles. The summed E-state index contributed by atoms with van der Waals surface area (Å²) in [5.74, 6) is 2.05. The molecule has 2 aromatic heterocycles. The van der Waals surface area contributed by atoms with E-state index in [1.165, 1.54) is 0 Å². The van der Waals surface area contributed by atoms with Crippen molar-refractivity contribution in [3.63, 3.8) is 0 Å². The Morgan fingerprint density at radius 3 is 2.19 bits per heavy atom. The van der Waals surface area contributed by atoms with Crippen molar-refractivity contribution < 1.29 is 0 Å². The molecule has 2 N–H and O–H groups in total. The van der Waals surface area contributed by atoms with Gasteiger partial charge >= 0.3 is 0 Å². The van der Waals surface area contributed by atoms with E-state index in [4.69, 9.17) is 10.7 Å². The molecule has 21 heavy (non-hydrogen) atoms. The predicted octanol–water partition coefficient (Wildman–Crippen LogP) is 3.79. The zero-order valence-corrected chi connectivity index (χ0v) is 14.2. The maximum Gasteiger partial charge on any atom is 0.133 e. The number of rotatable bonds is 3. The maximum atomic E-state index is 6.45. The number of nitrogens with two attached hydrogens (primary N) is 1. The average molecular weight is 289 g/mol. The minimum Gasteiger partial charge on any atom is -0.383 e. The summed E-state index contributed by atoms with van der Waals surface area (Å²) >= 11 is 0. The first-order valence-corrected chi connectivity index (χ1v) is 7.55. The van der Waals surface area contributed by atoms with E-state index in [1.54, 1.807) is 0 Å². The third kappa shape index (κ3) is 2.69. The van der Waals surface area contributed by atoms with Gasteiger partial charge in [-0.2, -0.15) is 0 Å². The monoisotopic (exact) mass is 289 g/mol. The van der Waals surface area contributed by atoms with Gasteiger partial charge in [0.2, 0.25) is 0 Å². The van der Waals surface area contributed by atoms with Crippen molar-refractivity contribution in [2.75, 3.05) is 5.73 Å². The molecule has 0 amide bonds. The van der Waals surface area contributed by atoms with Crippen molar-refractivity contribution in [1.29, 1.82) is 0 Å². The molecule has 2 rings (SSSR count). The summed E-state index contributed by atoms with van der Waals surface area (Å²) in [6, 6.07) is 0.323. The highest BCUT2D eigenvalue weighted by Crippen LogP contribution is 2.34. The molecule has 0 unspecified atom stereocenters. The third-order valence-corrected chi connectivity index (χ3v) is 3.59. The standard InChI is InChI=1S/C16H27N5/c1-10(2)15-19-13(14(17)21(15)16(5,6)7)12-8-18-9-20(12)11(3)4/h8-11H,17H2,1-7H3. The molecule has 0 aromatic carbocycles. The lowest BCUT2D eigenvalue weighted by molar-refractivity contribution is 0.382. The van der Waals surface area contributed by atoms with E-state index in [0.717, 1.165) is 17.2 Å². The van der Waals surface area contributed by atoms with Crippen LogP contribution in [-0.4, -0.2) is 19.1 Å². The van der Waals surface area contributed by atoms with Gasteiger partial charge < -0.3 is 14.9 Å². The molecular formula is C16H27N5. The molecule has 5 heteroatoms. The average Bonchev–Trinajstić information content (AvgIpc) is 2.90. The van der Waals surface area contributed by atoms with Gasteiger partial charge in [0, 0.05) is 17.5 Å². The van der Waals surface area contributed by atoms with Crippen LogP contribution in [0.1, 0.15) is 66.3 Å². The first-order chi connectivity index (χ1) is 9.64. The molecule has 0 saturated heterocycles. The molecule has 0 spiro atoms. The highest BCUT2D eigenvalue weighted by Gasteiger charge is 2.27. The number of imidazole rings is 2. The number of nitrogen functional groups attached to an aromatic ring is 1. The Bertz CT molecular complexity index is 626. The van der Waals surface area contributed by atoms with Crippen LogP contribution in [0.5, 0.6) is 0 Å². The summed E-state index contributed by atoms with van der Waals surface area (Å²) in [5.41, 5.74) is 8.16. The van der Waals surface area contributed by atoms with Crippen LogP contribution in [0, 0.1) is 0 Å². The maximum absolute atomic E-state index is 6.45. The smallest absolute Gasteiger partial charge is 0.133 e. The summed E-state index contributed by atoms with van der Waals surface area (Å²) in [4.78, 5) is 9.10. The van der Waals surface area contributed by atoms with Gasteiger partial charge in [0.15, 0.2) is 0 Å². The van der Waals surface area contributed by atoms with E-state index < -0.39 is 0 Å². The first kappa shape index (κ1) is 15.6. The molecule has 0 bridgehead atoms. The number of aromatic nitrogens is 4. The largest absolute Gasteiger partial charge is 0.383 e. The quantitative estimate of drug-likeness (QED) is 0.935. The second-order valence-electron chi connectivity index (χ2n) is 7.14. The van der Waals surface area contributed by atoms with Crippen molar-refractivity contribution in [3.8, 4) is 11.4 Å². The Labute approximate surface area is 127 Å². The van der Waals surface area contributed by atoms with Gasteiger partial charge in [-0.3, -0.25) is 0 Å². The molecule has 0 atom stereocenters. The minimum atomic E-state index is -0.0996. The number of hydrogen-bond donors (Lipinski definition) is 1. The summed E-state index contributed by atoms with van der Waals surface area (Å²) in [5, 5.41) is 0. The van der Waals surface area contributed by atoms with Crippen molar-refractivity contribution in [3.05, 3.63) is 18.3 Å². The van der Waals surface area contributed by atoms with Crippen LogP contribution in [0.4, 0.5) is 5.82 Å². The van der Waals surface area contributed by atoms with Crippen molar-refractivity contribution in [2.24, 2.45) is 0 Å². The Balaban J connectivity index is 2.69. The molecule has 0 fully saturated rings. The fourth-order valence-corrected chi connectivity index (χ4v) is 2.63. The number of nitrogens with zero attached hydrogens (tertiary/aromatic N) is 4. The summed E-state index contributed by atoms with van der Waals surface area (Å²) in [6.45, 7) is 15.0. The Morgan fingerprint density at radius 2 is 1.76 bits per heavy atom. The van der Waals surface area contributed by atoms with Crippen molar-refractivity contribution in [2.45, 2.75) is 66.0 Å². The number of anilines is 1. The van der Waals surface area contributed by atoms with Gasteiger partial charge in [-0.1, -0.05) is 13.8 Å². The molecule has 0 aliphatic rings. The third-order valence-electron chi connectivity index (χ3n) is 3.59. The van der Waals surface area contributed by atoms with Gasteiger partial charge in [-0.05, 0) is 34.6 Å². The molecule has 0 radical (unpaired) electrons. The Hall–Kier alpha value is -1.78. The molecule has 2 aromatic rings. The van der Waals surface area contributed by atoms with Crippen LogP contribution in [0.3, 0.4) is 0 Å². The van der Waals surface area contributed by atoms with E-state index in [0.29, 0.717) is 17.8 Å². The highest BCUT2D eigenvalue weighted by molar-refractivity contribution is 5.68.